The Labute approximate surface area is 127 Å². The van der Waals surface area contributed by atoms with Crippen molar-refractivity contribution < 1.29 is 14.0 Å². The maximum Gasteiger partial charge on any atom is 0.411 e. The maximum atomic E-state index is 14.1. The fourth-order valence-electron chi connectivity index (χ4n) is 1.81. The Morgan fingerprint density at radius 2 is 2.05 bits per heavy atom. The quantitative estimate of drug-likeness (QED) is 0.830. The second kappa shape index (κ2) is 7.26. The standard InChI is InChI=1S/C15H17FN4O2/c1-2-22-15(21)18-12-8-9-13(19-14(12)17)20(16)10-11-6-4-3-5-7-11/h3-9H,2,10H2,1H3,(H2,17,19)(H,18,21). The van der Waals surface area contributed by atoms with Gasteiger partial charge in [-0.3, -0.25) is 5.32 Å². The number of carbonyl (C=O) groups is 1. The zero-order valence-electron chi connectivity index (χ0n) is 12.1. The summed E-state index contributed by atoms with van der Waals surface area (Å²) in [6.45, 7) is 1.99. The Morgan fingerprint density at radius 3 is 2.68 bits per heavy atom. The Kier molecular flexibility index (Phi) is 5.13. The van der Waals surface area contributed by atoms with E-state index in [9.17, 15) is 9.28 Å². The number of nitrogens with one attached hydrogen (secondary N) is 1. The molecule has 0 aliphatic carbocycles. The fraction of sp³-hybridized carbons (Fsp3) is 0.200. The highest BCUT2D eigenvalue weighted by Gasteiger charge is 2.12. The minimum Gasteiger partial charge on any atom is -0.450 e. The summed E-state index contributed by atoms with van der Waals surface area (Å²) < 4.78 is 18.9. The fourth-order valence-corrected chi connectivity index (χ4v) is 1.81. The van der Waals surface area contributed by atoms with Gasteiger partial charge in [0.05, 0.1) is 18.8 Å². The van der Waals surface area contributed by atoms with E-state index < -0.39 is 6.09 Å². The minimum atomic E-state index is -0.634. The van der Waals surface area contributed by atoms with Crippen LogP contribution in [0.5, 0.6) is 0 Å². The van der Waals surface area contributed by atoms with Gasteiger partial charge in [-0.1, -0.05) is 34.8 Å². The summed E-state index contributed by atoms with van der Waals surface area (Å²) in [6.07, 6.45) is -0.634. The zero-order valence-corrected chi connectivity index (χ0v) is 12.1. The van der Waals surface area contributed by atoms with Gasteiger partial charge >= 0.3 is 6.09 Å². The molecule has 0 bridgehead atoms. The van der Waals surface area contributed by atoms with Gasteiger partial charge in [0.1, 0.15) is 5.82 Å². The number of nitrogen functional groups attached to an aromatic ring is 1. The number of amides is 1. The highest BCUT2D eigenvalue weighted by molar-refractivity contribution is 5.88. The van der Waals surface area contributed by atoms with Gasteiger partial charge in [-0.05, 0) is 24.6 Å². The molecular weight excluding hydrogens is 287 g/mol. The van der Waals surface area contributed by atoms with Crippen LogP contribution in [0.3, 0.4) is 0 Å². The number of pyridine rings is 1. The summed E-state index contributed by atoms with van der Waals surface area (Å²) in [4.78, 5) is 15.3. The van der Waals surface area contributed by atoms with Crippen molar-refractivity contribution in [1.29, 1.82) is 0 Å². The lowest BCUT2D eigenvalue weighted by Crippen LogP contribution is -2.17. The number of nitrogens with zero attached hydrogens (tertiary/aromatic N) is 2. The molecule has 6 nitrogen and oxygen atoms in total. The predicted molar refractivity (Wildman–Crippen MR) is 83.0 cm³/mol. The van der Waals surface area contributed by atoms with Crippen LogP contribution in [0, 0.1) is 0 Å². The van der Waals surface area contributed by atoms with E-state index in [4.69, 9.17) is 10.5 Å². The van der Waals surface area contributed by atoms with E-state index in [-0.39, 0.29) is 30.5 Å². The molecule has 0 saturated heterocycles. The number of benzene rings is 1. The number of carbonyl (C=O) groups excluding carboxylic acids is 1. The number of hydrogen-bond donors (Lipinski definition) is 2. The average molecular weight is 304 g/mol. The van der Waals surface area contributed by atoms with E-state index in [0.717, 1.165) is 5.56 Å². The first kappa shape index (κ1) is 15.6. The van der Waals surface area contributed by atoms with Crippen LogP contribution in [0.1, 0.15) is 12.5 Å². The van der Waals surface area contributed by atoms with E-state index >= 15 is 0 Å². The summed E-state index contributed by atoms with van der Waals surface area (Å²) in [5.41, 5.74) is 6.80. The molecule has 1 aromatic carbocycles. The highest BCUT2D eigenvalue weighted by atomic mass is 19.2. The number of aromatic nitrogens is 1. The molecule has 1 heterocycles. The molecule has 1 aromatic heterocycles. The van der Waals surface area contributed by atoms with Crippen LogP contribution in [-0.4, -0.2) is 17.7 Å². The third-order valence-electron chi connectivity index (χ3n) is 2.83. The van der Waals surface area contributed by atoms with E-state index in [1.54, 1.807) is 6.92 Å². The predicted octanol–water partition coefficient (Wildman–Crippen LogP) is 3.12. The Balaban J connectivity index is 2.06. The van der Waals surface area contributed by atoms with Gasteiger partial charge in [0.25, 0.3) is 0 Å². The molecule has 7 heteroatoms. The molecule has 2 aromatic rings. The summed E-state index contributed by atoms with van der Waals surface area (Å²) in [6, 6.07) is 12.1. The summed E-state index contributed by atoms with van der Waals surface area (Å²) in [7, 11) is 0. The first-order valence-electron chi connectivity index (χ1n) is 6.77. The lowest BCUT2D eigenvalue weighted by atomic mass is 10.2. The van der Waals surface area contributed by atoms with Crippen LogP contribution in [0.15, 0.2) is 42.5 Å². The Morgan fingerprint density at radius 1 is 1.32 bits per heavy atom. The Hall–Kier alpha value is -2.83. The lowest BCUT2D eigenvalue weighted by Gasteiger charge is -2.15. The topological polar surface area (TPSA) is 80.5 Å². The first-order chi connectivity index (χ1) is 10.6. The van der Waals surface area contributed by atoms with E-state index in [1.165, 1.54) is 12.1 Å². The van der Waals surface area contributed by atoms with Gasteiger partial charge in [-0.2, -0.15) is 5.12 Å². The van der Waals surface area contributed by atoms with Gasteiger partial charge < -0.3 is 10.5 Å². The zero-order chi connectivity index (χ0) is 15.9. The molecule has 116 valence electrons. The maximum absolute atomic E-state index is 14.1. The van der Waals surface area contributed by atoms with Crippen molar-refractivity contribution in [2.24, 2.45) is 0 Å². The van der Waals surface area contributed by atoms with Crippen LogP contribution in [0.25, 0.3) is 0 Å². The normalized spacial score (nSPS) is 10.1. The van der Waals surface area contributed by atoms with E-state index in [2.05, 4.69) is 10.3 Å². The second-order valence-corrected chi connectivity index (χ2v) is 4.45. The summed E-state index contributed by atoms with van der Waals surface area (Å²) >= 11 is 0. The molecule has 0 radical (unpaired) electrons. The van der Waals surface area contributed by atoms with Crippen LogP contribution in [0.4, 0.5) is 26.6 Å². The molecule has 1 amide bonds. The van der Waals surface area contributed by atoms with Crippen LogP contribution < -0.4 is 16.2 Å². The number of ether oxygens (including phenoxy) is 1. The van der Waals surface area contributed by atoms with E-state index in [1.807, 2.05) is 30.3 Å². The van der Waals surface area contributed by atoms with E-state index in [0.29, 0.717) is 5.12 Å². The minimum absolute atomic E-state index is 0.0151. The number of rotatable bonds is 5. The molecule has 0 spiro atoms. The number of halogens is 1. The van der Waals surface area contributed by atoms with Crippen molar-refractivity contribution in [3.05, 3.63) is 48.0 Å². The average Bonchev–Trinajstić information content (AvgIpc) is 2.50. The SMILES string of the molecule is CCOC(=O)Nc1ccc(N(F)Cc2ccccc2)nc1N. The molecule has 2 rings (SSSR count). The first-order valence-corrected chi connectivity index (χ1v) is 6.77. The van der Waals surface area contributed by atoms with Gasteiger partial charge in [0.15, 0.2) is 5.82 Å². The van der Waals surface area contributed by atoms with Crippen molar-refractivity contribution in [2.75, 3.05) is 22.8 Å². The molecule has 0 unspecified atom stereocenters. The van der Waals surface area contributed by atoms with Gasteiger partial charge in [0, 0.05) is 0 Å². The summed E-state index contributed by atoms with van der Waals surface area (Å²) in [5.74, 6) is 0.0806. The van der Waals surface area contributed by atoms with Crippen molar-refractivity contribution >= 4 is 23.4 Å². The number of anilines is 3. The molecule has 0 saturated carbocycles. The van der Waals surface area contributed by atoms with Crippen LogP contribution in [0.2, 0.25) is 0 Å². The Bertz CT molecular complexity index is 637. The third kappa shape index (κ3) is 4.08. The molecule has 0 aliphatic heterocycles. The lowest BCUT2D eigenvalue weighted by molar-refractivity contribution is 0.168. The van der Waals surface area contributed by atoms with Crippen LogP contribution >= 0.6 is 0 Å². The second-order valence-electron chi connectivity index (χ2n) is 4.45. The van der Waals surface area contributed by atoms with Gasteiger partial charge in [-0.25, -0.2) is 9.78 Å². The molecule has 0 atom stereocenters. The number of hydrogen-bond acceptors (Lipinski definition) is 5. The largest absolute Gasteiger partial charge is 0.450 e. The van der Waals surface area contributed by atoms with Crippen molar-refractivity contribution in [1.82, 2.24) is 4.98 Å². The highest BCUT2D eigenvalue weighted by Crippen LogP contribution is 2.22. The monoisotopic (exact) mass is 304 g/mol. The van der Waals surface area contributed by atoms with Gasteiger partial charge in [-0.15, -0.1) is 0 Å². The third-order valence-corrected chi connectivity index (χ3v) is 2.83. The van der Waals surface area contributed by atoms with Crippen molar-refractivity contribution in [2.45, 2.75) is 13.5 Å². The molecule has 22 heavy (non-hydrogen) atoms. The molecule has 0 aliphatic rings. The smallest absolute Gasteiger partial charge is 0.411 e. The molecular formula is C15H17FN4O2. The van der Waals surface area contributed by atoms with Gasteiger partial charge in [0.2, 0.25) is 0 Å². The van der Waals surface area contributed by atoms with Crippen molar-refractivity contribution in [3.63, 3.8) is 0 Å². The molecule has 0 fully saturated rings. The van der Waals surface area contributed by atoms with Crippen molar-refractivity contribution in [3.8, 4) is 0 Å². The number of nitrogens with two attached hydrogens (primary N) is 1. The van der Waals surface area contributed by atoms with Crippen LogP contribution in [-0.2, 0) is 11.3 Å². The summed E-state index contributed by atoms with van der Waals surface area (Å²) in [5, 5.41) is 2.92. The molecule has 3 N–H and O–H groups in total.